The van der Waals surface area contributed by atoms with Crippen LogP contribution < -0.4 is 45.2 Å². The number of nitrogens with two attached hydrogens (primary N) is 3. The molecule has 0 aromatic carbocycles. The molecule has 0 aliphatic rings. The van der Waals surface area contributed by atoms with E-state index in [2.05, 4.69) is 36.8 Å². The lowest BCUT2D eigenvalue weighted by molar-refractivity contribution is -0.439. The zero-order chi connectivity index (χ0) is 30.1. The highest BCUT2D eigenvalue weighted by Crippen LogP contribution is 2.06. The van der Waals surface area contributed by atoms with Gasteiger partial charge in [-0.2, -0.15) is 0 Å². The third kappa shape index (κ3) is 60.8. The molecule has 4 unspecified atom stereocenters. The maximum Gasteiger partial charge on any atom is 0.306 e. The third-order valence-corrected chi connectivity index (χ3v) is 4.79. The van der Waals surface area contributed by atoms with Gasteiger partial charge in [-0.15, -0.1) is 0 Å². The SMILES string of the molecule is CC(CCCCN)C(=O)O.CC(N)CCCCN.CCCC(C)[NH3+].CC[NH3+].[NH3+]CCCCC([NH3+])C(=O)[O-]. The molecule has 0 aromatic heterocycles. The summed E-state index contributed by atoms with van der Waals surface area (Å²) < 4.78 is 0. The summed E-state index contributed by atoms with van der Waals surface area (Å²) in [7, 11) is 0. The normalized spacial score (nSPS) is 12.9. The van der Waals surface area contributed by atoms with Gasteiger partial charge in [0.25, 0.3) is 0 Å². The number of carboxylic acid groups (broad SMARTS) is 2. The highest BCUT2D eigenvalue weighted by molar-refractivity contribution is 5.69. The molecule has 0 aliphatic carbocycles. The summed E-state index contributed by atoms with van der Waals surface area (Å²) >= 11 is 0. The van der Waals surface area contributed by atoms with Gasteiger partial charge < -0.3 is 55.1 Å². The lowest BCUT2D eigenvalue weighted by atomic mass is 10.1. The molecular formula is C26H68N7O4+3. The fourth-order valence-corrected chi connectivity index (χ4v) is 2.51. The van der Waals surface area contributed by atoms with Crippen molar-refractivity contribution in [3.05, 3.63) is 0 Å². The van der Waals surface area contributed by atoms with E-state index in [0.717, 1.165) is 64.6 Å². The highest BCUT2D eigenvalue weighted by atomic mass is 16.4. The molecule has 19 N–H and O–H groups in total. The number of quaternary nitrogens is 4. The fraction of sp³-hybridized carbons (Fsp3) is 0.923. The summed E-state index contributed by atoms with van der Waals surface area (Å²) in [6, 6.07) is 0.447. The van der Waals surface area contributed by atoms with Gasteiger partial charge in [0.15, 0.2) is 0 Å². The Morgan fingerprint density at radius 3 is 1.51 bits per heavy atom. The average Bonchev–Trinajstić information content (AvgIpc) is 2.81. The maximum atomic E-state index is 10.3. The summed E-state index contributed by atoms with van der Waals surface area (Å²) in [6.45, 7) is 13.4. The second kappa shape index (κ2) is 39.2. The lowest BCUT2D eigenvalue weighted by Gasteiger charge is -2.07. The molecule has 228 valence electrons. The number of hydrogen-bond donors (Lipinski definition) is 8. The van der Waals surface area contributed by atoms with E-state index >= 15 is 0 Å². The first kappa shape index (κ1) is 45.6. The Hall–Kier alpha value is -1.34. The number of hydrogen-bond acceptors (Lipinski definition) is 6. The van der Waals surface area contributed by atoms with Gasteiger partial charge in [-0.05, 0) is 78.8 Å². The Kier molecular flexibility index (Phi) is 48.3. The van der Waals surface area contributed by atoms with Crippen molar-refractivity contribution >= 4 is 11.9 Å². The maximum absolute atomic E-state index is 10.3. The number of rotatable bonds is 16. The molecule has 0 heterocycles. The first-order valence-electron chi connectivity index (χ1n) is 14.2. The number of carbonyl (C=O) groups excluding carboxylic acids is 1. The Morgan fingerprint density at radius 2 is 1.24 bits per heavy atom. The second-order valence-electron chi connectivity index (χ2n) is 9.54. The summed E-state index contributed by atoms with van der Waals surface area (Å²) in [6.07, 6.45) is 11.0. The molecule has 4 atom stereocenters. The minimum Gasteiger partial charge on any atom is -0.544 e. The second-order valence-corrected chi connectivity index (χ2v) is 9.54. The molecule has 0 spiro atoms. The molecule has 0 saturated heterocycles. The quantitative estimate of drug-likeness (QED) is 0.0988. The molecule has 11 heteroatoms. The van der Waals surface area contributed by atoms with Crippen LogP contribution in [0.5, 0.6) is 0 Å². The van der Waals surface area contributed by atoms with E-state index in [-0.39, 0.29) is 5.92 Å². The minimum absolute atomic E-state index is 0.216. The molecule has 0 bridgehead atoms. The molecule has 0 fully saturated rings. The highest BCUT2D eigenvalue weighted by Gasteiger charge is 2.08. The van der Waals surface area contributed by atoms with Crippen molar-refractivity contribution in [1.82, 2.24) is 0 Å². The zero-order valence-corrected chi connectivity index (χ0v) is 25.1. The van der Waals surface area contributed by atoms with Crippen LogP contribution in [-0.2, 0) is 9.59 Å². The third-order valence-electron chi connectivity index (χ3n) is 4.79. The Balaban J connectivity index is -0.000000120. The van der Waals surface area contributed by atoms with Gasteiger partial charge in [0.2, 0.25) is 0 Å². The van der Waals surface area contributed by atoms with E-state index in [4.69, 9.17) is 22.3 Å². The molecular weight excluding hydrogens is 474 g/mol. The van der Waals surface area contributed by atoms with Crippen LogP contribution in [-0.4, -0.2) is 61.3 Å². The largest absolute Gasteiger partial charge is 0.544 e. The number of aliphatic carboxylic acids is 2. The van der Waals surface area contributed by atoms with Crippen LogP contribution >= 0.6 is 0 Å². The van der Waals surface area contributed by atoms with Gasteiger partial charge in [-0.25, -0.2) is 0 Å². The topological polar surface area (TPSA) is 266 Å². The van der Waals surface area contributed by atoms with Gasteiger partial charge in [-0.1, -0.05) is 33.1 Å². The van der Waals surface area contributed by atoms with Crippen LogP contribution in [0.1, 0.15) is 105 Å². The van der Waals surface area contributed by atoms with Crippen LogP contribution in [0.2, 0.25) is 0 Å². The van der Waals surface area contributed by atoms with Gasteiger partial charge in [0.05, 0.1) is 31.0 Å². The van der Waals surface area contributed by atoms with Gasteiger partial charge in [0.1, 0.15) is 6.04 Å². The summed E-state index contributed by atoms with van der Waals surface area (Å²) in [5, 5.41) is 18.6. The van der Waals surface area contributed by atoms with Crippen molar-refractivity contribution in [2.75, 3.05) is 26.2 Å². The van der Waals surface area contributed by atoms with E-state index in [9.17, 15) is 14.7 Å². The van der Waals surface area contributed by atoms with Gasteiger partial charge in [-0.3, -0.25) is 4.79 Å². The monoisotopic (exact) mass is 543 g/mol. The minimum atomic E-state index is -1.05. The average molecular weight is 543 g/mol. The van der Waals surface area contributed by atoms with Crippen LogP contribution in [0.15, 0.2) is 0 Å². The molecule has 0 rings (SSSR count). The van der Waals surface area contributed by atoms with Crippen LogP contribution in [0.25, 0.3) is 0 Å². The molecule has 11 nitrogen and oxygen atoms in total. The van der Waals surface area contributed by atoms with Crippen molar-refractivity contribution in [3.63, 3.8) is 0 Å². The predicted molar refractivity (Wildman–Crippen MR) is 150 cm³/mol. The van der Waals surface area contributed by atoms with Crippen LogP contribution in [0, 0.1) is 5.92 Å². The number of unbranched alkanes of at least 4 members (excludes halogenated alkanes) is 3. The summed E-state index contributed by atoms with van der Waals surface area (Å²) in [4.78, 5) is 20.4. The van der Waals surface area contributed by atoms with Crippen molar-refractivity contribution in [1.29, 1.82) is 0 Å². The van der Waals surface area contributed by atoms with Crippen LogP contribution in [0.4, 0.5) is 0 Å². The first-order valence-corrected chi connectivity index (χ1v) is 14.2. The van der Waals surface area contributed by atoms with E-state index in [1.54, 1.807) is 6.92 Å². The molecule has 37 heavy (non-hydrogen) atoms. The summed E-state index contributed by atoms with van der Waals surface area (Å²) in [5.41, 5.74) is 30.4. The van der Waals surface area contributed by atoms with Gasteiger partial charge in [0, 0.05) is 12.5 Å². The number of carboxylic acids is 2. The first-order chi connectivity index (χ1) is 17.3. The Labute approximate surface area is 227 Å². The summed E-state index contributed by atoms with van der Waals surface area (Å²) in [5.74, 6) is -1.98. The molecule has 0 radical (unpaired) electrons. The van der Waals surface area contributed by atoms with Crippen LogP contribution in [0.3, 0.4) is 0 Å². The standard InChI is InChI=1S/C7H15NO2.C6H14N2O2.C6H16N2.C5H13N.C2H7N/c1-6(7(9)10)4-2-3-5-8;7-4-2-1-3-5(8)6(9)10;1-6(8)4-2-3-5-7;1-3-4-5(2)6;1-2-3/h6H,2-5,8H2,1H3,(H,9,10);5H,1-4,7-8H2,(H,9,10);6H,2-5,7-8H2,1H3;5H,3-4,6H2,1-2H3;2-3H2,1H3/p+3. The van der Waals surface area contributed by atoms with E-state index in [1.807, 2.05) is 13.8 Å². The van der Waals surface area contributed by atoms with E-state index in [1.165, 1.54) is 19.3 Å². The molecule has 0 amide bonds. The lowest BCUT2D eigenvalue weighted by Crippen LogP contribution is -2.68. The van der Waals surface area contributed by atoms with Crippen molar-refractivity contribution in [3.8, 4) is 0 Å². The van der Waals surface area contributed by atoms with E-state index in [0.29, 0.717) is 25.0 Å². The van der Waals surface area contributed by atoms with E-state index < -0.39 is 18.0 Å². The van der Waals surface area contributed by atoms with Crippen molar-refractivity contribution in [2.45, 2.75) is 123 Å². The smallest absolute Gasteiger partial charge is 0.306 e. The predicted octanol–water partition coefficient (Wildman–Crippen LogP) is -2.28. The molecule has 0 aromatic rings. The Morgan fingerprint density at radius 1 is 0.811 bits per heavy atom. The number of carbonyl (C=O) groups is 2. The zero-order valence-electron chi connectivity index (χ0n) is 25.1. The van der Waals surface area contributed by atoms with Crippen molar-refractivity contribution < 1.29 is 42.7 Å². The fourth-order valence-electron chi connectivity index (χ4n) is 2.51. The molecule has 0 aliphatic heterocycles. The Bertz CT molecular complexity index is 417. The van der Waals surface area contributed by atoms with Crippen molar-refractivity contribution in [2.24, 2.45) is 23.1 Å². The van der Waals surface area contributed by atoms with Gasteiger partial charge >= 0.3 is 5.97 Å². The molecule has 0 saturated carbocycles.